The van der Waals surface area contributed by atoms with E-state index in [9.17, 15) is 22.4 Å². The van der Waals surface area contributed by atoms with Crippen molar-refractivity contribution >= 4 is 21.9 Å². The van der Waals surface area contributed by atoms with Gasteiger partial charge in [0.25, 0.3) is 5.91 Å². The van der Waals surface area contributed by atoms with E-state index < -0.39 is 33.8 Å². The summed E-state index contributed by atoms with van der Waals surface area (Å²) in [6.07, 6.45) is -1.17. The Hall–Kier alpha value is -2.98. The van der Waals surface area contributed by atoms with Crippen LogP contribution in [0.2, 0.25) is 0 Å². The number of nitrogens with two attached hydrogens (primary N) is 1. The summed E-state index contributed by atoms with van der Waals surface area (Å²) in [7, 11) is -2.75. The number of methoxy groups -OCH3 is 1. The molecule has 1 amide bonds. The van der Waals surface area contributed by atoms with Crippen molar-refractivity contribution < 1.29 is 31.9 Å². The zero-order valence-electron chi connectivity index (χ0n) is 15.1. The first-order valence-corrected chi connectivity index (χ1v) is 9.60. The van der Waals surface area contributed by atoms with Crippen LogP contribution in [0.25, 0.3) is 0 Å². The van der Waals surface area contributed by atoms with E-state index in [0.717, 1.165) is 6.07 Å². The summed E-state index contributed by atoms with van der Waals surface area (Å²) in [5, 5.41) is 7.62. The second kappa shape index (κ2) is 8.81. The summed E-state index contributed by atoms with van der Waals surface area (Å²) in [6, 6.07) is 9.00. The van der Waals surface area contributed by atoms with Gasteiger partial charge in [-0.3, -0.25) is 4.79 Å². The number of primary sulfonamides is 1. The van der Waals surface area contributed by atoms with Crippen molar-refractivity contribution in [2.75, 3.05) is 7.11 Å². The first-order valence-electron chi connectivity index (χ1n) is 8.06. The highest BCUT2D eigenvalue weighted by molar-refractivity contribution is 7.89. The number of nitrogens with one attached hydrogen (secondary N) is 1. The smallest absolute Gasteiger partial charge is 0.342 e. The molecule has 1 atom stereocenters. The normalized spacial score (nSPS) is 12.1. The van der Waals surface area contributed by atoms with Gasteiger partial charge >= 0.3 is 5.97 Å². The number of rotatable bonds is 7. The van der Waals surface area contributed by atoms with Gasteiger partial charge in [0, 0.05) is 6.54 Å². The number of carbonyl (C=O) groups is 2. The van der Waals surface area contributed by atoms with Crippen LogP contribution in [0.15, 0.2) is 47.4 Å². The number of esters is 1. The third-order valence-corrected chi connectivity index (χ3v) is 4.66. The molecule has 2 aromatic rings. The van der Waals surface area contributed by atoms with Gasteiger partial charge in [-0.15, -0.1) is 0 Å². The van der Waals surface area contributed by atoms with Crippen LogP contribution in [0.5, 0.6) is 5.75 Å². The number of sulfonamides is 1. The molecule has 10 heteroatoms. The maximum atomic E-state index is 12.9. The highest BCUT2D eigenvalue weighted by atomic mass is 32.2. The third-order valence-electron chi connectivity index (χ3n) is 3.75. The van der Waals surface area contributed by atoms with Gasteiger partial charge in [-0.25, -0.2) is 22.7 Å². The van der Waals surface area contributed by atoms with Gasteiger partial charge in [0.05, 0.1) is 12.0 Å². The molecule has 0 aromatic heterocycles. The molecule has 2 rings (SSSR count). The zero-order valence-corrected chi connectivity index (χ0v) is 16.0. The lowest BCUT2D eigenvalue weighted by Gasteiger charge is -2.15. The van der Waals surface area contributed by atoms with Crippen LogP contribution >= 0.6 is 0 Å². The number of carbonyl (C=O) groups excluding carboxylic acids is 2. The predicted molar refractivity (Wildman–Crippen MR) is 97.5 cm³/mol. The molecule has 0 radical (unpaired) electrons. The second-order valence-corrected chi connectivity index (χ2v) is 7.36. The van der Waals surface area contributed by atoms with Gasteiger partial charge in [-0.2, -0.15) is 0 Å². The highest BCUT2D eigenvalue weighted by Gasteiger charge is 2.23. The molecule has 0 saturated carbocycles. The van der Waals surface area contributed by atoms with Gasteiger partial charge in [0.2, 0.25) is 10.0 Å². The fourth-order valence-corrected chi connectivity index (χ4v) is 2.78. The van der Waals surface area contributed by atoms with Gasteiger partial charge < -0.3 is 14.8 Å². The second-order valence-electron chi connectivity index (χ2n) is 5.80. The Morgan fingerprint density at radius 2 is 1.82 bits per heavy atom. The molecule has 0 saturated heterocycles. The molecule has 0 unspecified atom stereocenters. The fraction of sp³-hybridized carbons (Fsp3) is 0.222. The average Bonchev–Trinajstić information content (AvgIpc) is 2.65. The minimum atomic E-state index is -4.04. The predicted octanol–water partition coefficient (Wildman–Crippen LogP) is 1.34. The lowest BCUT2D eigenvalue weighted by atomic mass is 10.2. The summed E-state index contributed by atoms with van der Waals surface area (Å²) in [4.78, 5) is 24.2. The number of hydrogen-bond acceptors (Lipinski definition) is 6. The van der Waals surface area contributed by atoms with Crippen LogP contribution < -0.4 is 15.2 Å². The van der Waals surface area contributed by atoms with Gasteiger partial charge in [0.15, 0.2) is 6.10 Å². The van der Waals surface area contributed by atoms with Crippen molar-refractivity contribution in [3.63, 3.8) is 0 Å². The van der Waals surface area contributed by atoms with Crippen LogP contribution in [0.3, 0.4) is 0 Å². The minimum absolute atomic E-state index is 0.0660. The van der Waals surface area contributed by atoms with Gasteiger partial charge in [-0.05, 0) is 42.8 Å². The molecule has 150 valence electrons. The van der Waals surface area contributed by atoms with Crippen molar-refractivity contribution in [1.82, 2.24) is 5.32 Å². The SMILES string of the molecule is COc1ccc(S(N)(=O)=O)cc1C(=O)O[C@@H](C)C(=O)NCc1ccc(F)cc1. The third kappa shape index (κ3) is 5.51. The van der Waals surface area contributed by atoms with E-state index in [1.807, 2.05) is 0 Å². The van der Waals surface area contributed by atoms with E-state index >= 15 is 0 Å². The van der Waals surface area contributed by atoms with E-state index in [-0.39, 0.29) is 22.8 Å². The molecule has 8 nitrogen and oxygen atoms in total. The van der Waals surface area contributed by atoms with Crippen LogP contribution in [0, 0.1) is 5.82 Å². The molecule has 0 bridgehead atoms. The molecule has 28 heavy (non-hydrogen) atoms. The molecule has 0 spiro atoms. The van der Waals surface area contributed by atoms with Crippen molar-refractivity contribution in [2.45, 2.75) is 24.5 Å². The monoisotopic (exact) mass is 410 g/mol. The fourth-order valence-electron chi connectivity index (χ4n) is 2.24. The Kier molecular flexibility index (Phi) is 6.71. The van der Waals surface area contributed by atoms with Crippen LogP contribution in [0.1, 0.15) is 22.8 Å². The van der Waals surface area contributed by atoms with Crippen molar-refractivity contribution in [3.05, 3.63) is 59.4 Å². The highest BCUT2D eigenvalue weighted by Crippen LogP contribution is 2.23. The van der Waals surface area contributed by atoms with Crippen LogP contribution in [-0.2, 0) is 26.1 Å². The molecular formula is C18H19FN2O6S. The molecule has 0 aliphatic heterocycles. The van der Waals surface area contributed by atoms with E-state index in [0.29, 0.717) is 5.56 Å². The van der Waals surface area contributed by atoms with E-state index in [2.05, 4.69) is 5.32 Å². The number of halogens is 1. The quantitative estimate of drug-likeness (QED) is 0.664. The van der Waals surface area contributed by atoms with E-state index in [4.69, 9.17) is 14.6 Å². The van der Waals surface area contributed by atoms with E-state index in [1.54, 1.807) is 0 Å². The van der Waals surface area contributed by atoms with Crippen LogP contribution in [-0.4, -0.2) is 33.5 Å². The van der Waals surface area contributed by atoms with Gasteiger partial charge in [0.1, 0.15) is 17.1 Å². The number of ether oxygens (including phenoxy) is 2. The minimum Gasteiger partial charge on any atom is -0.496 e. The Balaban J connectivity index is 2.06. The summed E-state index contributed by atoms with van der Waals surface area (Å²) in [6.45, 7) is 1.47. The largest absolute Gasteiger partial charge is 0.496 e. The average molecular weight is 410 g/mol. The molecular weight excluding hydrogens is 391 g/mol. The topological polar surface area (TPSA) is 125 Å². The first kappa shape index (κ1) is 21.3. The Labute approximate surface area is 161 Å². The van der Waals surface area contributed by atoms with Crippen LogP contribution in [0.4, 0.5) is 4.39 Å². The Bertz CT molecular complexity index is 976. The number of amides is 1. The summed E-state index contributed by atoms with van der Waals surface area (Å²) >= 11 is 0. The summed E-state index contributed by atoms with van der Waals surface area (Å²) < 4.78 is 45.9. The van der Waals surface area contributed by atoms with Crippen molar-refractivity contribution in [1.29, 1.82) is 0 Å². The van der Waals surface area contributed by atoms with Crippen molar-refractivity contribution in [2.24, 2.45) is 5.14 Å². The maximum Gasteiger partial charge on any atom is 0.342 e. The summed E-state index contributed by atoms with van der Waals surface area (Å²) in [5.41, 5.74) is 0.475. The number of benzene rings is 2. The van der Waals surface area contributed by atoms with Crippen molar-refractivity contribution in [3.8, 4) is 5.75 Å². The summed E-state index contributed by atoms with van der Waals surface area (Å²) in [5.74, 6) is -1.87. The maximum absolute atomic E-state index is 12.9. The Morgan fingerprint density at radius 3 is 2.39 bits per heavy atom. The zero-order chi connectivity index (χ0) is 20.9. The van der Waals surface area contributed by atoms with E-state index in [1.165, 1.54) is 50.4 Å². The number of hydrogen-bond donors (Lipinski definition) is 2. The molecule has 0 heterocycles. The molecule has 0 fully saturated rings. The molecule has 0 aliphatic carbocycles. The first-order chi connectivity index (χ1) is 13.1. The molecule has 0 aliphatic rings. The Morgan fingerprint density at radius 1 is 1.18 bits per heavy atom. The lowest BCUT2D eigenvalue weighted by Crippen LogP contribution is -2.35. The molecule has 3 N–H and O–H groups in total. The van der Waals surface area contributed by atoms with Gasteiger partial charge in [-0.1, -0.05) is 12.1 Å². The standard InChI is InChI=1S/C18H19FN2O6S/c1-11(17(22)21-10-12-3-5-13(19)6-4-12)27-18(23)15-9-14(28(20,24)25)7-8-16(15)26-2/h3-9,11H,10H2,1-2H3,(H,21,22)(H2,20,24,25)/t11-/m0/s1. The lowest BCUT2D eigenvalue weighted by molar-refractivity contribution is -0.129. The molecule has 2 aromatic carbocycles.